The summed E-state index contributed by atoms with van der Waals surface area (Å²) in [5, 5.41) is 3.39. The van der Waals surface area contributed by atoms with Gasteiger partial charge in [-0.1, -0.05) is 18.5 Å². The Morgan fingerprint density at radius 1 is 1.55 bits per heavy atom. The van der Waals surface area contributed by atoms with Gasteiger partial charge in [-0.25, -0.2) is 4.79 Å². The molecule has 126 valence electrons. The monoisotopic (exact) mass is 410 g/mol. The fourth-order valence-corrected chi connectivity index (χ4v) is 3.63. The van der Waals surface area contributed by atoms with Crippen molar-refractivity contribution in [2.24, 2.45) is 5.92 Å². The van der Waals surface area contributed by atoms with Crippen LogP contribution >= 0.6 is 38.9 Å². The lowest BCUT2D eigenvalue weighted by molar-refractivity contribution is 0.0277. The summed E-state index contributed by atoms with van der Waals surface area (Å²) in [5.41, 5.74) is -0.460. The van der Waals surface area contributed by atoms with Crippen LogP contribution in [0.25, 0.3) is 0 Å². The molecule has 7 heteroatoms. The van der Waals surface area contributed by atoms with Gasteiger partial charge < -0.3 is 15.0 Å². The molecule has 1 aromatic rings. The van der Waals surface area contributed by atoms with Gasteiger partial charge in [-0.15, -0.1) is 11.3 Å². The fourth-order valence-electron chi connectivity index (χ4n) is 1.87. The van der Waals surface area contributed by atoms with E-state index in [2.05, 4.69) is 28.2 Å². The Kier molecular flexibility index (Phi) is 7.65. The van der Waals surface area contributed by atoms with Gasteiger partial charge in [-0.2, -0.15) is 0 Å². The highest BCUT2D eigenvalue weighted by Crippen LogP contribution is 2.31. The maximum Gasteiger partial charge on any atom is 0.410 e. The van der Waals surface area contributed by atoms with Crippen LogP contribution in [0, 0.1) is 5.92 Å². The molecule has 0 bridgehead atoms. The van der Waals surface area contributed by atoms with E-state index in [1.54, 1.807) is 23.3 Å². The SMILES string of the molecule is CC(CNCc1cc(Br)c(Cl)s1)CN(C)C(=O)OC(C)(C)C. The van der Waals surface area contributed by atoms with Gasteiger partial charge >= 0.3 is 6.09 Å². The van der Waals surface area contributed by atoms with Crippen LogP contribution in [0.4, 0.5) is 4.79 Å². The van der Waals surface area contributed by atoms with Gasteiger partial charge in [0.05, 0.1) is 0 Å². The zero-order chi connectivity index (χ0) is 16.9. The number of nitrogens with zero attached hydrogens (tertiary/aromatic N) is 1. The van der Waals surface area contributed by atoms with Crippen molar-refractivity contribution in [1.29, 1.82) is 0 Å². The molecule has 1 aromatic heterocycles. The first-order chi connectivity index (χ1) is 10.1. The second kappa shape index (κ2) is 8.52. The predicted octanol–water partition coefficient (Wildman–Crippen LogP) is 4.76. The average molecular weight is 412 g/mol. The summed E-state index contributed by atoms with van der Waals surface area (Å²) < 4.78 is 7.05. The number of amides is 1. The molecule has 0 spiro atoms. The molecule has 1 unspecified atom stereocenters. The molecular formula is C15H24BrClN2O2S. The molecule has 4 nitrogen and oxygen atoms in total. The van der Waals surface area contributed by atoms with Crippen molar-refractivity contribution in [1.82, 2.24) is 10.2 Å². The molecule has 0 fully saturated rings. The van der Waals surface area contributed by atoms with E-state index in [0.717, 1.165) is 21.9 Å². The normalized spacial score (nSPS) is 13.0. The number of carbonyl (C=O) groups excluding carboxylic acids is 1. The molecule has 0 saturated heterocycles. The second-order valence-electron chi connectivity index (χ2n) is 6.43. The molecule has 0 aliphatic rings. The summed E-state index contributed by atoms with van der Waals surface area (Å²) in [7, 11) is 1.76. The van der Waals surface area contributed by atoms with E-state index in [9.17, 15) is 4.79 Å². The third-order valence-corrected chi connectivity index (χ3v) is 5.25. The third kappa shape index (κ3) is 7.31. The summed E-state index contributed by atoms with van der Waals surface area (Å²) in [6.07, 6.45) is -0.284. The fraction of sp³-hybridized carbons (Fsp3) is 0.667. The first-order valence-electron chi connectivity index (χ1n) is 7.17. The Morgan fingerprint density at radius 2 is 2.18 bits per heavy atom. The number of rotatable bonds is 6. The summed E-state index contributed by atoms with van der Waals surface area (Å²) in [5.74, 6) is 0.330. The molecule has 22 heavy (non-hydrogen) atoms. The zero-order valence-corrected chi connectivity index (χ0v) is 16.9. The Balaban J connectivity index is 2.30. The maximum atomic E-state index is 11.9. The first-order valence-corrected chi connectivity index (χ1v) is 9.15. The van der Waals surface area contributed by atoms with E-state index >= 15 is 0 Å². The van der Waals surface area contributed by atoms with Crippen molar-refractivity contribution in [3.63, 3.8) is 0 Å². The Bertz CT molecular complexity index is 483. The molecule has 1 heterocycles. The summed E-state index contributed by atoms with van der Waals surface area (Å²) in [4.78, 5) is 14.7. The van der Waals surface area contributed by atoms with Crippen LogP contribution in [-0.2, 0) is 11.3 Å². The lowest BCUT2D eigenvalue weighted by atomic mass is 10.1. The number of hydrogen-bond acceptors (Lipinski definition) is 4. The Labute approximate surface area is 150 Å². The number of nitrogens with one attached hydrogen (secondary N) is 1. The number of thiophene rings is 1. The molecule has 1 N–H and O–H groups in total. The third-order valence-electron chi connectivity index (χ3n) is 2.78. The molecule has 0 aromatic carbocycles. The quantitative estimate of drug-likeness (QED) is 0.734. The molecule has 1 rings (SSSR count). The van der Waals surface area contributed by atoms with E-state index < -0.39 is 5.60 Å². The minimum Gasteiger partial charge on any atom is -0.444 e. The average Bonchev–Trinajstić information content (AvgIpc) is 2.66. The number of halogens is 2. The van der Waals surface area contributed by atoms with Crippen LogP contribution in [0.5, 0.6) is 0 Å². The predicted molar refractivity (Wildman–Crippen MR) is 96.8 cm³/mol. The van der Waals surface area contributed by atoms with Crippen molar-refractivity contribution in [3.8, 4) is 0 Å². The van der Waals surface area contributed by atoms with Crippen LogP contribution in [0.15, 0.2) is 10.5 Å². The van der Waals surface area contributed by atoms with Gasteiger partial charge in [0.2, 0.25) is 0 Å². The smallest absolute Gasteiger partial charge is 0.410 e. The van der Waals surface area contributed by atoms with Crippen LogP contribution in [0.1, 0.15) is 32.6 Å². The largest absolute Gasteiger partial charge is 0.444 e. The topological polar surface area (TPSA) is 41.6 Å². The van der Waals surface area contributed by atoms with Crippen LogP contribution in [0.3, 0.4) is 0 Å². The standard InChI is InChI=1S/C15H24BrClN2O2S/c1-10(9-19(5)14(20)21-15(2,3)4)7-18-8-11-6-12(16)13(17)22-11/h6,10,18H,7-9H2,1-5H3. The van der Waals surface area contributed by atoms with E-state index in [0.29, 0.717) is 12.5 Å². The molecular weight excluding hydrogens is 388 g/mol. The summed E-state index contributed by atoms with van der Waals surface area (Å²) in [6, 6.07) is 2.03. The maximum absolute atomic E-state index is 11.9. The zero-order valence-electron chi connectivity index (χ0n) is 13.7. The molecule has 1 atom stereocenters. The van der Waals surface area contributed by atoms with Gasteiger partial charge in [-0.3, -0.25) is 0 Å². The van der Waals surface area contributed by atoms with Gasteiger partial charge in [0.15, 0.2) is 0 Å². The summed E-state index contributed by atoms with van der Waals surface area (Å²) in [6.45, 7) is 9.95. The minimum atomic E-state index is -0.460. The van der Waals surface area contributed by atoms with Crippen molar-refractivity contribution in [2.75, 3.05) is 20.1 Å². The van der Waals surface area contributed by atoms with Crippen LogP contribution in [0.2, 0.25) is 4.34 Å². The first kappa shape index (κ1) is 19.7. The van der Waals surface area contributed by atoms with Crippen molar-refractivity contribution in [2.45, 2.75) is 39.8 Å². The van der Waals surface area contributed by atoms with Gasteiger partial charge in [-0.05, 0) is 55.2 Å². The Morgan fingerprint density at radius 3 is 2.68 bits per heavy atom. The lowest BCUT2D eigenvalue weighted by Crippen LogP contribution is -2.38. The van der Waals surface area contributed by atoms with E-state index in [1.165, 1.54) is 4.88 Å². The Hall–Kier alpha value is -0.300. The molecule has 0 saturated carbocycles. The van der Waals surface area contributed by atoms with E-state index in [-0.39, 0.29) is 6.09 Å². The van der Waals surface area contributed by atoms with Gasteiger partial charge in [0, 0.05) is 29.5 Å². The van der Waals surface area contributed by atoms with E-state index in [4.69, 9.17) is 16.3 Å². The van der Waals surface area contributed by atoms with Crippen molar-refractivity contribution < 1.29 is 9.53 Å². The number of ether oxygens (including phenoxy) is 1. The van der Waals surface area contributed by atoms with Crippen LogP contribution < -0.4 is 5.32 Å². The second-order valence-corrected chi connectivity index (χ2v) is 9.02. The van der Waals surface area contributed by atoms with E-state index in [1.807, 2.05) is 26.8 Å². The molecule has 0 radical (unpaired) electrons. The minimum absolute atomic E-state index is 0.284. The number of hydrogen-bond donors (Lipinski definition) is 1. The molecule has 0 aliphatic heterocycles. The van der Waals surface area contributed by atoms with Crippen molar-refractivity contribution in [3.05, 3.63) is 19.8 Å². The number of carbonyl (C=O) groups is 1. The van der Waals surface area contributed by atoms with Crippen molar-refractivity contribution >= 4 is 45.0 Å². The highest BCUT2D eigenvalue weighted by Gasteiger charge is 2.20. The van der Waals surface area contributed by atoms with Crippen LogP contribution in [-0.4, -0.2) is 36.7 Å². The lowest BCUT2D eigenvalue weighted by Gasteiger charge is -2.26. The van der Waals surface area contributed by atoms with Gasteiger partial charge in [0.25, 0.3) is 0 Å². The molecule has 1 amide bonds. The highest BCUT2D eigenvalue weighted by molar-refractivity contribution is 9.10. The summed E-state index contributed by atoms with van der Waals surface area (Å²) >= 11 is 11.0. The molecule has 0 aliphatic carbocycles. The highest BCUT2D eigenvalue weighted by atomic mass is 79.9. The van der Waals surface area contributed by atoms with Gasteiger partial charge in [0.1, 0.15) is 9.94 Å².